The van der Waals surface area contributed by atoms with Crippen LogP contribution in [0, 0.1) is 24.3 Å². The van der Waals surface area contributed by atoms with Crippen molar-refractivity contribution in [3.05, 3.63) is 176 Å². The summed E-state index contributed by atoms with van der Waals surface area (Å²) in [7, 11) is 0. The fourth-order valence-corrected chi connectivity index (χ4v) is 6.43. The van der Waals surface area contributed by atoms with Gasteiger partial charge in [-0.2, -0.15) is 22.9 Å². The third kappa shape index (κ3) is 7.17. The van der Waals surface area contributed by atoms with Crippen LogP contribution in [0.4, 0.5) is 0 Å². The molecule has 0 aliphatic heterocycles. The van der Waals surface area contributed by atoms with Crippen LogP contribution in [0.1, 0.15) is 0 Å². The zero-order valence-corrected chi connectivity index (χ0v) is 33.6. The Hall–Kier alpha value is -6.20. The molecule has 0 saturated carbocycles. The van der Waals surface area contributed by atoms with Gasteiger partial charge >= 0.3 is 42.1 Å². The first-order valence-corrected chi connectivity index (χ1v) is 17.2. The summed E-state index contributed by atoms with van der Waals surface area (Å²) in [6, 6.07) is 54.3. The second-order valence-electron chi connectivity index (χ2n) is 12.4. The molecule has 0 amide bonds. The monoisotopic (exact) mass is 1090 g/mol. The van der Waals surface area contributed by atoms with Crippen molar-refractivity contribution in [3.8, 4) is 62.8 Å². The number of hydrogen-bond donors (Lipinski definition) is 0. The molecule has 5 aromatic carbocycles. The molecule has 0 atom stereocenters. The molecule has 272 valence electrons. The number of pyridine rings is 2. The van der Waals surface area contributed by atoms with Gasteiger partial charge in [0.15, 0.2) is 0 Å². The topological polar surface area (TPSA) is 88.1 Å². The van der Waals surface area contributed by atoms with E-state index in [2.05, 4.69) is 34.2 Å². The Labute approximate surface area is 350 Å². The van der Waals surface area contributed by atoms with Gasteiger partial charge in [0.05, 0.1) is 5.56 Å². The fourth-order valence-electron chi connectivity index (χ4n) is 6.43. The maximum absolute atomic E-state index is 6.34. The van der Waals surface area contributed by atoms with E-state index in [-0.39, 0.29) is 42.1 Å². The predicted molar refractivity (Wildman–Crippen MR) is 206 cm³/mol. The third-order valence-corrected chi connectivity index (χ3v) is 8.94. The van der Waals surface area contributed by atoms with E-state index in [0.29, 0.717) is 45.7 Å². The van der Waals surface area contributed by atoms with Gasteiger partial charge in [-0.3, -0.25) is 0 Å². The number of benzene rings is 5. The Morgan fingerprint density at radius 1 is 0.500 bits per heavy atom. The Bertz CT molecular complexity index is 2780. The van der Waals surface area contributed by atoms with E-state index in [1.54, 1.807) is 24.8 Å². The Kier molecular flexibility index (Phi) is 10.4. The van der Waals surface area contributed by atoms with Gasteiger partial charge in [0.1, 0.15) is 11.3 Å². The molecule has 5 aromatic heterocycles. The second kappa shape index (κ2) is 15.9. The first-order chi connectivity index (χ1) is 26.7. The zero-order chi connectivity index (χ0) is 35.8. The number of aromatic nitrogens is 5. The van der Waals surface area contributed by atoms with Crippen molar-refractivity contribution >= 4 is 32.8 Å². The van der Waals surface area contributed by atoms with Gasteiger partial charge in [-0.05, 0) is 35.7 Å². The normalized spacial score (nSPS) is 10.9. The van der Waals surface area contributed by atoms with Gasteiger partial charge in [0, 0.05) is 53.2 Å². The SMILES string of the molecule is [Pt+2].[Pt+2].[c-]1c(Oc2[c-]c3c(cc2)c2ccc(Oc4[c-]c(-c5ccccn5)ccc4)[c-]c2n3-c2ncc(-c3cc4ccccc4o3)cn2)cccc1-c1ccccn1. The van der Waals surface area contributed by atoms with Gasteiger partial charge < -0.3 is 28.4 Å². The molecule has 5 heterocycles. The number of nitrogens with zero attached hydrogens (tertiary/aromatic N) is 5. The van der Waals surface area contributed by atoms with Gasteiger partial charge in [0.25, 0.3) is 0 Å². The molecule has 0 spiro atoms. The largest absolute Gasteiger partial charge is 2.00 e. The molecule has 0 N–H and O–H groups in total. The Balaban J connectivity index is 0.00000220. The number of furan rings is 1. The summed E-state index contributed by atoms with van der Waals surface area (Å²) in [4.78, 5) is 18.6. The average Bonchev–Trinajstić information content (AvgIpc) is 3.81. The fraction of sp³-hybridized carbons (Fsp3) is 0. The number of ether oxygens (including phenoxy) is 2. The van der Waals surface area contributed by atoms with Gasteiger partial charge in [-0.25, -0.2) is 9.97 Å². The summed E-state index contributed by atoms with van der Waals surface area (Å²) in [5.74, 6) is 3.17. The summed E-state index contributed by atoms with van der Waals surface area (Å²) in [5, 5.41) is 2.84. The first kappa shape index (κ1) is 36.8. The smallest absolute Gasteiger partial charge is 0.503 e. The third-order valence-electron chi connectivity index (χ3n) is 8.94. The van der Waals surface area contributed by atoms with Crippen molar-refractivity contribution < 1.29 is 56.0 Å². The number of fused-ring (bicyclic) bond motifs is 4. The van der Waals surface area contributed by atoms with Crippen molar-refractivity contribution in [2.24, 2.45) is 0 Å². The molecule has 0 aliphatic carbocycles. The minimum Gasteiger partial charge on any atom is -0.503 e. The van der Waals surface area contributed by atoms with Crippen molar-refractivity contribution in [1.29, 1.82) is 0 Å². The minimum absolute atomic E-state index is 0. The molecular weight excluding hydrogens is 1060 g/mol. The zero-order valence-electron chi connectivity index (χ0n) is 29.0. The van der Waals surface area contributed by atoms with E-state index in [9.17, 15) is 0 Å². The van der Waals surface area contributed by atoms with E-state index in [1.807, 2.05) is 132 Å². The molecule has 8 nitrogen and oxygen atoms in total. The van der Waals surface area contributed by atoms with Gasteiger partial charge in [-0.15, -0.1) is 71.8 Å². The summed E-state index contributed by atoms with van der Waals surface area (Å²) in [6.45, 7) is 0. The molecule has 10 heteroatoms. The molecule has 0 fully saturated rings. The van der Waals surface area contributed by atoms with E-state index in [0.717, 1.165) is 49.8 Å². The van der Waals surface area contributed by atoms with Crippen LogP contribution < -0.4 is 9.47 Å². The molecule has 0 radical (unpaired) electrons. The molecule has 10 aromatic rings. The second-order valence-corrected chi connectivity index (χ2v) is 12.4. The quantitative estimate of drug-likeness (QED) is 0.140. The summed E-state index contributed by atoms with van der Waals surface area (Å²) >= 11 is 0. The van der Waals surface area contributed by atoms with Crippen LogP contribution in [0.3, 0.4) is 0 Å². The number of rotatable bonds is 8. The van der Waals surface area contributed by atoms with E-state index in [4.69, 9.17) is 23.9 Å². The van der Waals surface area contributed by atoms with Crippen molar-refractivity contribution in [1.82, 2.24) is 24.5 Å². The minimum atomic E-state index is 0. The van der Waals surface area contributed by atoms with Crippen molar-refractivity contribution in [2.75, 3.05) is 0 Å². The molecule has 0 unspecified atom stereocenters. The summed E-state index contributed by atoms with van der Waals surface area (Å²) < 4.78 is 20.7. The maximum Gasteiger partial charge on any atom is 2.00 e. The standard InChI is InChI=1S/C46H25N5O3.2Pt/c1-2-16-44-32(9-1)25-45(54-44)33-28-49-46(50-29-33)51-42-26-36(52-34-12-7-10-30(23-34)40-14-3-5-21-47-40)17-19-38(42)39-20-18-37(27-43(39)51)53-35-13-8-11-31(24-35)41-15-4-6-22-48-41;;/h1-22,25,28-29H;;/q-4;2*+2. The van der Waals surface area contributed by atoms with Crippen LogP contribution in [0.25, 0.3) is 72.6 Å². The summed E-state index contributed by atoms with van der Waals surface area (Å²) in [6.07, 6.45) is 7.03. The summed E-state index contributed by atoms with van der Waals surface area (Å²) in [5.41, 5.74) is 6.23. The van der Waals surface area contributed by atoms with Gasteiger partial charge in [-0.1, -0.05) is 65.6 Å². The Morgan fingerprint density at radius 3 is 1.57 bits per heavy atom. The first-order valence-electron chi connectivity index (χ1n) is 17.2. The molecular formula is C46H25N5O3Pt2. The van der Waals surface area contributed by atoms with Gasteiger partial charge in [0.2, 0.25) is 5.95 Å². The molecule has 0 saturated heterocycles. The van der Waals surface area contributed by atoms with Crippen LogP contribution in [0.15, 0.2) is 157 Å². The van der Waals surface area contributed by atoms with E-state index in [1.165, 1.54) is 0 Å². The Morgan fingerprint density at radius 2 is 1.04 bits per heavy atom. The average molecular weight is 1090 g/mol. The van der Waals surface area contributed by atoms with Crippen LogP contribution in [0.5, 0.6) is 23.0 Å². The maximum atomic E-state index is 6.34. The molecule has 0 aliphatic rings. The predicted octanol–water partition coefficient (Wildman–Crippen LogP) is 10.9. The molecule has 56 heavy (non-hydrogen) atoms. The molecule has 10 rings (SSSR count). The van der Waals surface area contributed by atoms with Crippen LogP contribution in [0.2, 0.25) is 0 Å². The number of hydrogen-bond acceptors (Lipinski definition) is 7. The van der Waals surface area contributed by atoms with Crippen LogP contribution >= 0.6 is 0 Å². The van der Waals surface area contributed by atoms with Crippen LogP contribution in [-0.2, 0) is 42.1 Å². The molecule has 0 bridgehead atoms. The number of para-hydroxylation sites is 1. The van der Waals surface area contributed by atoms with Crippen LogP contribution in [-0.4, -0.2) is 24.5 Å². The van der Waals surface area contributed by atoms with E-state index < -0.39 is 0 Å². The van der Waals surface area contributed by atoms with Crippen molar-refractivity contribution in [2.45, 2.75) is 0 Å². The van der Waals surface area contributed by atoms with E-state index >= 15 is 0 Å². The van der Waals surface area contributed by atoms with Crippen molar-refractivity contribution in [3.63, 3.8) is 0 Å².